The van der Waals surface area contributed by atoms with Crippen molar-refractivity contribution in [2.75, 3.05) is 0 Å². The van der Waals surface area contributed by atoms with E-state index in [9.17, 15) is 5.11 Å². The number of hydrogen-bond donors (Lipinski definition) is 1. The van der Waals surface area contributed by atoms with Gasteiger partial charge in [-0.15, -0.1) is 0 Å². The zero-order chi connectivity index (χ0) is 14.0. The predicted molar refractivity (Wildman–Crippen MR) is 81.2 cm³/mol. The van der Waals surface area contributed by atoms with E-state index in [0.717, 1.165) is 11.1 Å². The second-order valence-electron chi connectivity index (χ2n) is 4.69. The summed E-state index contributed by atoms with van der Waals surface area (Å²) in [6.45, 7) is 1.74. The minimum absolute atomic E-state index is 0.383. The van der Waals surface area contributed by atoms with E-state index in [1.165, 1.54) is 0 Å². The lowest BCUT2D eigenvalue weighted by Crippen LogP contribution is -2.24. The summed E-state index contributed by atoms with van der Waals surface area (Å²) in [7, 11) is 0. The van der Waals surface area contributed by atoms with Crippen LogP contribution in [0.4, 0.5) is 0 Å². The molecule has 0 saturated heterocycles. The molecule has 2 aromatic carbocycles. The van der Waals surface area contributed by atoms with Crippen molar-refractivity contribution in [3.63, 3.8) is 0 Å². The van der Waals surface area contributed by atoms with Crippen LogP contribution in [-0.4, -0.2) is 5.11 Å². The van der Waals surface area contributed by atoms with Gasteiger partial charge in [0.15, 0.2) is 0 Å². The number of rotatable bonds is 3. The van der Waals surface area contributed by atoms with E-state index < -0.39 is 5.60 Å². The van der Waals surface area contributed by atoms with Gasteiger partial charge in [-0.3, -0.25) is 0 Å². The van der Waals surface area contributed by atoms with Crippen LogP contribution in [0.15, 0.2) is 42.5 Å². The first-order chi connectivity index (χ1) is 8.88. The average molecular weight is 316 g/mol. The summed E-state index contributed by atoms with van der Waals surface area (Å²) in [5.74, 6) is 0. The van der Waals surface area contributed by atoms with Gasteiger partial charge in [0.2, 0.25) is 0 Å². The van der Waals surface area contributed by atoms with Crippen LogP contribution in [0.3, 0.4) is 0 Å². The fourth-order valence-electron chi connectivity index (χ4n) is 1.96. The smallest absolute Gasteiger partial charge is 0.0909 e. The van der Waals surface area contributed by atoms with Crippen LogP contribution in [0.5, 0.6) is 0 Å². The zero-order valence-electron chi connectivity index (χ0n) is 10.3. The first-order valence-electron chi connectivity index (χ1n) is 5.81. The molecule has 1 N–H and O–H groups in total. The van der Waals surface area contributed by atoms with Crippen LogP contribution in [0.2, 0.25) is 15.1 Å². The summed E-state index contributed by atoms with van der Waals surface area (Å²) in [6.07, 6.45) is 0.383. The highest BCUT2D eigenvalue weighted by Gasteiger charge is 2.24. The number of halogens is 3. The maximum atomic E-state index is 10.6. The van der Waals surface area contributed by atoms with Crippen LogP contribution in [0.25, 0.3) is 0 Å². The highest BCUT2D eigenvalue weighted by Crippen LogP contribution is 2.30. The van der Waals surface area contributed by atoms with Crippen LogP contribution in [0.1, 0.15) is 18.1 Å². The third-order valence-corrected chi connectivity index (χ3v) is 3.86. The van der Waals surface area contributed by atoms with Crippen molar-refractivity contribution in [2.45, 2.75) is 18.9 Å². The van der Waals surface area contributed by atoms with Crippen molar-refractivity contribution in [3.8, 4) is 0 Å². The topological polar surface area (TPSA) is 20.2 Å². The van der Waals surface area contributed by atoms with Gasteiger partial charge in [0.1, 0.15) is 0 Å². The largest absolute Gasteiger partial charge is 0.385 e. The molecule has 100 valence electrons. The first-order valence-corrected chi connectivity index (χ1v) is 6.94. The van der Waals surface area contributed by atoms with Crippen LogP contribution in [0, 0.1) is 0 Å². The molecule has 0 amide bonds. The second-order valence-corrected chi connectivity index (χ2v) is 5.97. The Balaban J connectivity index is 2.30. The van der Waals surface area contributed by atoms with Crippen molar-refractivity contribution < 1.29 is 5.11 Å². The molecule has 0 radical (unpaired) electrons. The molecule has 2 rings (SSSR count). The van der Waals surface area contributed by atoms with Gasteiger partial charge >= 0.3 is 0 Å². The molecule has 19 heavy (non-hydrogen) atoms. The van der Waals surface area contributed by atoms with Crippen molar-refractivity contribution in [2.24, 2.45) is 0 Å². The van der Waals surface area contributed by atoms with E-state index in [1.807, 2.05) is 0 Å². The highest BCUT2D eigenvalue weighted by molar-refractivity contribution is 6.33. The van der Waals surface area contributed by atoms with Gasteiger partial charge < -0.3 is 5.11 Å². The Kier molecular flexibility index (Phi) is 4.42. The summed E-state index contributed by atoms with van der Waals surface area (Å²) in [4.78, 5) is 0. The Bertz CT molecular complexity index is 576. The van der Waals surface area contributed by atoms with Gasteiger partial charge in [-0.05, 0) is 48.4 Å². The van der Waals surface area contributed by atoms with Gasteiger partial charge in [0.25, 0.3) is 0 Å². The molecule has 0 aliphatic heterocycles. The standard InChI is InChI=1S/C15H13Cl3O/c1-15(19,11-2-4-12(16)5-3-11)9-10-8-13(17)6-7-14(10)18/h2-8,19H,9H2,1H3. The van der Waals surface area contributed by atoms with E-state index in [0.29, 0.717) is 21.5 Å². The van der Waals surface area contributed by atoms with Crippen molar-refractivity contribution in [3.05, 3.63) is 68.7 Å². The molecule has 0 aromatic heterocycles. The fourth-order valence-corrected chi connectivity index (χ4v) is 2.47. The summed E-state index contributed by atoms with van der Waals surface area (Å²) in [5.41, 5.74) is 0.570. The maximum Gasteiger partial charge on any atom is 0.0909 e. The lowest BCUT2D eigenvalue weighted by atomic mass is 9.89. The van der Waals surface area contributed by atoms with Gasteiger partial charge in [0, 0.05) is 21.5 Å². The lowest BCUT2D eigenvalue weighted by molar-refractivity contribution is 0.0576. The molecule has 0 saturated carbocycles. The minimum Gasteiger partial charge on any atom is -0.385 e. The Morgan fingerprint density at radius 2 is 1.53 bits per heavy atom. The van der Waals surface area contributed by atoms with Crippen molar-refractivity contribution in [1.29, 1.82) is 0 Å². The van der Waals surface area contributed by atoms with E-state index in [4.69, 9.17) is 34.8 Å². The normalized spacial score (nSPS) is 14.2. The predicted octanol–water partition coefficient (Wildman–Crippen LogP) is 5.10. The molecule has 0 spiro atoms. The summed E-state index contributed by atoms with van der Waals surface area (Å²) in [6, 6.07) is 12.4. The molecule has 0 bridgehead atoms. The van der Waals surface area contributed by atoms with Crippen LogP contribution in [-0.2, 0) is 12.0 Å². The SMILES string of the molecule is CC(O)(Cc1cc(Cl)ccc1Cl)c1ccc(Cl)cc1. The van der Waals surface area contributed by atoms with Gasteiger partial charge in [-0.25, -0.2) is 0 Å². The number of aliphatic hydroxyl groups is 1. The Morgan fingerprint density at radius 1 is 0.947 bits per heavy atom. The van der Waals surface area contributed by atoms with Gasteiger partial charge in [-0.2, -0.15) is 0 Å². The molecular formula is C15H13Cl3O. The fraction of sp³-hybridized carbons (Fsp3) is 0.200. The van der Waals surface area contributed by atoms with Gasteiger partial charge in [-0.1, -0.05) is 46.9 Å². The molecule has 0 heterocycles. The molecule has 0 aliphatic rings. The van der Waals surface area contributed by atoms with Crippen molar-refractivity contribution >= 4 is 34.8 Å². The van der Waals surface area contributed by atoms with Crippen LogP contribution >= 0.6 is 34.8 Å². The molecular weight excluding hydrogens is 303 g/mol. The van der Waals surface area contributed by atoms with E-state index >= 15 is 0 Å². The van der Waals surface area contributed by atoms with E-state index in [2.05, 4.69) is 0 Å². The molecule has 0 aliphatic carbocycles. The summed E-state index contributed by atoms with van der Waals surface area (Å²) >= 11 is 17.9. The average Bonchev–Trinajstić information content (AvgIpc) is 2.34. The maximum absolute atomic E-state index is 10.6. The van der Waals surface area contributed by atoms with E-state index in [-0.39, 0.29) is 0 Å². The van der Waals surface area contributed by atoms with E-state index in [1.54, 1.807) is 49.4 Å². The zero-order valence-corrected chi connectivity index (χ0v) is 12.6. The third-order valence-electron chi connectivity index (χ3n) is 3.01. The monoisotopic (exact) mass is 314 g/mol. The number of benzene rings is 2. The number of hydrogen-bond acceptors (Lipinski definition) is 1. The summed E-state index contributed by atoms with van der Waals surface area (Å²) in [5, 5.41) is 12.4. The van der Waals surface area contributed by atoms with Crippen molar-refractivity contribution in [1.82, 2.24) is 0 Å². The molecule has 0 fully saturated rings. The van der Waals surface area contributed by atoms with Gasteiger partial charge in [0.05, 0.1) is 5.60 Å². The molecule has 4 heteroatoms. The van der Waals surface area contributed by atoms with Crippen LogP contribution < -0.4 is 0 Å². The first kappa shape index (κ1) is 14.7. The molecule has 1 nitrogen and oxygen atoms in total. The highest BCUT2D eigenvalue weighted by atomic mass is 35.5. The molecule has 1 unspecified atom stereocenters. The second kappa shape index (κ2) is 5.72. The third kappa shape index (κ3) is 3.64. The Labute approximate surface area is 127 Å². The molecule has 1 atom stereocenters. The Morgan fingerprint density at radius 3 is 2.16 bits per heavy atom. The quantitative estimate of drug-likeness (QED) is 0.835. The minimum atomic E-state index is -1.03. The lowest BCUT2D eigenvalue weighted by Gasteiger charge is -2.24. The molecule has 2 aromatic rings. The summed E-state index contributed by atoms with van der Waals surface area (Å²) < 4.78 is 0. The Hall–Kier alpha value is -0.730.